The number of anilines is 1. The van der Waals surface area contributed by atoms with Gasteiger partial charge in [-0.1, -0.05) is 87.3 Å². The zero-order valence-electron chi connectivity index (χ0n) is 23.8. The van der Waals surface area contributed by atoms with Crippen molar-refractivity contribution in [3.05, 3.63) is 94.0 Å². The number of carbonyl (C=O) groups is 2. The topological polar surface area (TPSA) is 86.8 Å². The molecule has 1 N–H and O–H groups in total. The van der Waals surface area contributed by atoms with Gasteiger partial charge in [-0.15, -0.1) is 0 Å². The normalized spacial score (nSPS) is 12.2. The first-order valence-corrected chi connectivity index (χ1v) is 15.9. The summed E-state index contributed by atoms with van der Waals surface area (Å²) in [6.07, 6.45) is 1.06. The molecule has 0 heterocycles. The summed E-state index contributed by atoms with van der Waals surface area (Å²) < 4.78 is 28.9. The number of nitrogens with zero attached hydrogens (tertiary/aromatic N) is 2. The van der Waals surface area contributed by atoms with Crippen LogP contribution >= 0.6 is 23.2 Å². The lowest BCUT2D eigenvalue weighted by atomic mass is 10.0. The van der Waals surface area contributed by atoms with Crippen molar-refractivity contribution in [1.82, 2.24) is 10.2 Å². The molecule has 0 spiro atoms. The van der Waals surface area contributed by atoms with Crippen LogP contribution in [0.2, 0.25) is 10.0 Å². The van der Waals surface area contributed by atoms with Crippen LogP contribution in [0.25, 0.3) is 0 Å². The quantitative estimate of drug-likeness (QED) is 0.233. The van der Waals surface area contributed by atoms with Crippen LogP contribution in [-0.2, 0) is 26.2 Å². The molecular weight excluding hydrogens is 581 g/mol. The monoisotopic (exact) mass is 617 g/mol. The van der Waals surface area contributed by atoms with E-state index in [1.165, 1.54) is 17.0 Å². The second-order valence-corrected chi connectivity index (χ2v) is 12.7. The molecule has 1 atom stereocenters. The molecule has 0 aliphatic carbocycles. The van der Waals surface area contributed by atoms with Gasteiger partial charge in [0.05, 0.1) is 20.6 Å². The average Bonchev–Trinajstić information content (AvgIpc) is 2.96. The standard InChI is InChI=1S/C31H37Cl2N3O4S/c1-5-18-34-31(38)29(6-2)35(20-23-12-17-27(32)28(33)19-23)30(37)21-36(25-15-13-24(14-16-25)22(3)4)41(39,40)26-10-8-7-9-11-26/h7-17,19,22,29H,5-6,18,20-21H2,1-4H3,(H,34,38). The molecule has 220 valence electrons. The number of hydrogen-bond acceptors (Lipinski definition) is 4. The van der Waals surface area contributed by atoms with Gasteiger partial charge in [-0.05, 0) is 66.3 Å². The first-order valence-electron chi connectivity index (χ1n) is 13.7. The summed E-state index contributed by atoms with van der Waals surface area (Å²) >= 11 is 12.3. The molecule has 10 heteroatoms. The Morgan fingerprint density at radius 3 is 2.12 bits per heavy atom. The van der Waals surface area contributed by atoms with Crippen molar-refractivity contribution in [2.24, 2.45) is 0 Å². The smallest absolute Gasteiger partial charge is 0.264 e. The Morgan fingerprint density at radius 2 is 1.56 bits per heavy atom. The Hall–Kier alpha value is -3.07. The number of halogens is 2. The van der Waals surface area contributed by atoms with Crippen LogP contribution in [0, 0.1) is 0 Å². The van der Waals surface area contributed by atoms with Gasteiger partial charge >= 0.3 is 0 Å². The predicted octanol–water partition coefficient (Wildman–Crippen LogP) is 6.65. The SMILES string of the molecule is CCCNC(=O)C(CC)N(Cc1ccc(Cl)c(Cl)c1)C(=O)CN(c1ccc(C(C)C)cc1)S(=O)(=O)c1ccccc1. The van der Waals surface area contributed by atoms with E-state index in [9.17, 15) is 18.0 Å². The number of hydrogen-bond donors (Lipinski definition) is 1. The second-order valence-electron chi connectivity index (χ2n) is 10.1. The third kappa shape index (κ3) is 8.24. The van der Waals surface area contributed by atoms with Crippen LogP contribution < -0.4 is 9.62 Å². The Bertz CT molecular complexity index is 1430. The summed E-state index contributed by atoms with van der Waals surface area (Å²) in [6, 6.07) is 19.3. The number of sulfonamides is 1. The number of rotatable bonds is 13. The number of benzene rings is 3. The van der Waals surface area contributed by atoms with Gasteiger partial charge in [-0.2, -0.15) is 0 Å². The van der Waals surface area contributed by atoms with Gasteiger partial charge in [-0.3, -0.25) is 13.9 Å². The maximum atomic E-state index is 14.1. The van der Waals surface area contributed by atoms with Gasteiger partial charge < -0.3 is 10.2 Å². The van der Waals surface area contributed by atoms with Crippen LogP contribution in [-0.4, -0.2) is 44.3 Å². The summed E-state index contributed by atoms with van der Waals surface area (Å²) in [5.74, 6) is -0.581. The summed E-state index contributed by atoms with van der Waals surface area (Å²) in [4.78, 5) is 28.8. The highest BCUT2D eigenvalue weighted by atomic mass is 35.5. The van der Waals surface area contributed by atoms with E-state index in [1.54, 1.807) is 48.5 Å². The second kappa shape index (κ2) is 14.7. The third-order valence-electron chi connectivity index (χ3n) is 6.73. The van der Waals surface area contributed by atoms with Gasteiger partial charge in [0.25, 0.3) is 10.0 Å². The van der Waals surface area contributed by atoms with E-state index in [4.69, 9.17) is 23.2 Å². The molecule has 3 aromatic carbocycles. The molecule has 0 aromatic heterocycles. The molecule has 2 amide bonds. The Kier molecular flexibility index (Phi) is 11.6. The van der Waals surface area contributed by atoms with Crippen LogP contribution in [0.15, 0.2) is 77.7 Å². The van der Waals surface area contributed by atoms with E-state index in [0.29, 0.717) is 34.3 Å². The molecule has 3 aromatic rings. The molecule has 1 unspecified atom stereocenters. The maximum Gasteiger partial charge on any atom is 0.264 e. The van der Waals surface area contributed by atoms with Gasteiger partial charge in [0.2, 0.25) is 11.8 Å². The van der Waals surface area contributed by atoms with Crippen molar-refractivity contribution in [3.8, 4) is 0 Å². The van der Waals surface area contributed by atoms with Crippen LogP contribution in [0.4, 0.5) is 5.69 Å². The van der Waals surface area contributed by atoms with E-state index in [-0.39, 0.29) is 23.3 Å². The van der Waals surface area contributed by atoms with Crippen molar-refractivity contribution < 1.29 is 18.0 Å². The summed E-state index contributed by atoms with van der Waals surface area (Å²) in [6.45, 7) is 7.85. The molecule has 0 aliphatic rings. The fourth-order valence-corrected chi connectivity index (χ4v) is 6.15. The van der Waals surface area contributed by atoms with Crippen LogP contribution in [0.5, 0.6) is 0 Å². The minimum absolute atomic E-state index is 0.0410. The minimum Gasteiger partial charge on any atom is -0.354 e. The molecule has 0 aliphatic heterocycles. The summed E-state index contributed by atoms with van der Waals surface area (Å²) in [5, 5.41) is 3.56. The van der Waals surface area contributed by atoms with Crippen molar-refractivity contribution in [3.63, 3.8) is 0 Å². The Labute approximate surface area is 253 Å². The predicted molar refractivity (Wildman–Crippen MR) is 166 cm³/mol. The number of amides is 2. The highest BCUT2D eigenvalue weighted by Gasteiger charge is 2.33. The third-order valence-corrected chi connectivity index (χ3v) is 9.26. The number of carbonyl (C=O) groups excluding carboxylic acids is 2. The lowest BCUT2D eigenvalue weighted by molar-refractivity contribution is -0.140. The fourth-order valence-electron chi connectivity index (χ4n) is 4.39. The van der Waals surface area contributed by atoms with Gasteiger partial charge in [0, 0.05) is 13.1 Å². The molecule has 41 heavy (non-hydrogen) atoms. The minimum atomic E-state index is -4.12. The van der Waals surface area contributed by atoms with Gasteiger partial charge in [0.1, 0.15) is 12.6 Å². The maximum absolute atomic E-state index is 14.1. The first kappa shape index (κ1) is 32.4. The van der Waals surface area contributed by atoms with E-state index < -0.39 is 28.5 Å². The van der Waals surface area contributed by atoms with Crippen molar-refractivity contribution in [2.75, 3.05) is 17.4 Å². The van der Waals surface area contributed by atoms with Gasteiger partial charge in [0.15, 0.2) is 0 Å². The van der Waals surface area contributed by atoms with E-state index in [0.717, 1.165) is 16.3 Å². The van der Waals surface area contributed by atoms with Gasteiger partial charge in [-0.25, -0.2) is 8.42 Å². The lowest BCUT2D eigenvalue weighted by Crippen LogP contribution is -2.52. The van der Waals surface area contributed by atoms with Crippen molar-refractivity contribution in [2.45, 2.75) is 63.9 Å². The Morgan fingerprint density at radius 1 is 0.902 bits per heavy atom. The van der Waals surface area contributed by atoms with E-state index >= 15 is 0 Å². The summed E-state index contributed by atoms with van der Waals surface area (Å²) in [5.41, 5.74) is 2.05. The molecule has 0 saturated carbocycles. The molecular formula is C31H37Cl2N3O4S. The summed E-state index contributed by atoms with van der Waals surface area (Å²) in [7, 11) is -4.12. The zero-order chi connectivity index (χ0) is 30.2. The zero-order valence-corrected chi connectivity index (χ0v) is 26.1. The van der Waals surface area contributed by atoms with Crippen LogP contribution in [0.1, 0.15) is 57.6 Å². The molecule has 7 nitrogen and oxygen atoms in total. The van der Waals surface area contributed by atoms with E-state index in [2.05, 4.69) is 5.32 Å². The van der Waals surface area contributed by atoms with Crippen molar-refractivity contribution in [1.29, 1.82) is 0 Å². The first-order chi connectivity index (χ1) is 19.5. The molecule has 0 fully saturated rings. The van der Waals surface area contributed by atoms with E-state index in [1.807, 2.05) is 39.8 Å². The lowest BCUT2D eigenvalue weighted by Gasteiger charge is -2.33. The fraction of sp³-hybridized carbons (Fsp3) is 0.355. The van der Waals surface area contributed by atoms with Crippen LogP contribution in [0.3, 0.4) is 0 Å². The molecule has 0 saturated heterocycles. The largest absolute Gasteiger partial charge is 0.354 e. The van der Waals surface area contributed by atoms with Crippen molar-refractivity contribution >= 4 is 50.7 Å². The molecule has 0 bridgehead atoms. The highest BCUT2D eigenvalue weighted by molar-refractivity contribution is 7.92. The average molecular weight is 619 g/mol. The molecule has 3 rings (SSSR count). The molecule has 0 radical (unpaired) electrons. The highest BCUT2D eigenvalue weighted by Crippen LogP contribution is 2.28. The Balaban J connectivity index is 2.06. The number of nitrogens with one attached hydrogen (secondary N) is 1.